The average Bonchev–Trinajstić information content (AvgIpc) is 3.25. The van der Waals surface area contributed by atoms with Gasteiger partial charge in [-0.15, -0.1) is 0 Å². The zero-order valence-electron chi connectivity index (χ0n) is 13.2. The number of carbonyl (C=O) groups excluding carboxylic acids is 2. The maximum absolute atomic E-state index is 11.8. The second kappa shape index (κ2) is 8.94. The van der Waals surface area contributed by atoms with E-state index in [1.807, 2.05) is 6.92 Å². The Hall–Kier alpha value is -2.72. The number of carbonyl (C=O) groups is 2. The quantitative estimate of drug-likeness (QED) is 0.573. The number of hydrogen-bond donors (Lipinski definition) is 4. The third kappa shape index (κ3) is 6.01. The monoisotopic (exact) mass is 380 g/mol. The highest BCUT2D eigenvalue weighted by atomic mass is 32.1. The van der Waals surface area contributed by atoms with Gasteiger partial charge in [-0.1, -0.05) is 0 Å². The molecule has 0 bridgehead atoms. The fourth-order valence-corrected chi connectivity index (χ4v) is 2.22. The van der Waals surface area contributed by atoms with Crippen molar-refractivity contribution < 1.29 is 18.4 Å². The second-order valence-corrected chi connectivity index (χ2v) is 5.76. The minimum Gasteiger partial charge on any atom is -0.459 e. The van der Waals surface area contributed by atoms with E-state index in [0.717, 1.165) is 0 Å². The fourth-order valence-electron chi connectivity index (χ4n) is 1.75. The highest BCUT2D eigenvalue weighted by molar-refractivity contribution is 7.80. The number of furan rings is 2. The van der Waals surface area contributed by atoms with Gasteiger partial charge in [0.05, 0.1) is 12.5 Å². The Morgan fingerprint density at radius 2 is 1.52 bits per heavy atom. The molecule has 2 rings (SSSR count). The molecule has 2 amide bonds. The van der Waals surface area contributed by atoms with Gasteiger partial charge in [0.15, 0.2) is 21.7 Å². The number of hydrogen-bond acceptors (Lipinski definition) is 6. The van der Waals surface area contributed by atoms with Gasteiger partial charge in [-0.3, -0.25) is 20.2 Å². The zero-order chi connectivity index (χ0) is 18.2. The molecular formula is C15H16N4O4S2. The van der Waals surface area contributed by atoms with Crippen molar-refractivity contribution in [2.45, 2.75) is 13.0 Å². The van der Waals surface area contributed by atoms with Gasteiger partial charge in [-0.2, -0.15) is 0 Å². The van der Waals surface area contributed by atoms with Crippen molar-refractivity contribution in [1.29, 1.82) is 0 Å². The maximum atomic E-state index is 11.8. The molecule has 0 saturated heterocycles. The van der Waals surface area contributed by atoms with Crippen LogP contribution in [0.2, 0.25) is 0 Å². The molecule has 0 saturated carbocycles. The van der Waals surface area contributed by atoms with Crippen LogP contribution in [0.25, 0.3) is 0 Å². The van der Waals surface area contributed by atoms with Crippen LogP contribution in [0.3, 0.4) is 0 Å². The van der Waals surface area contributed by atoms with Gasteiger partial charge in [-0.05, 0) is 55.6 Å². The molecule has 0 fully saturated rings. The highest BCUT2D eigenvalue weighted by Crippen LogP contribution is 1.99. The van der Waals surface area contributed by atoms with E-state index >= 15 is 0 Å². The van der Waals surface area contributed by atoms with Crippen molar-refractivity contribution in [3.05, 3.63) is 48.3 Å². The number of rotatable bonds is 5. The van der Waals surface area contributed by atoms with Gasteiger partial charge in [0, 0.05) is 12.6 Å². The van der Waals surface area contributed by atoms with E-state index < -0.39 is 11.8 Å². The average molecular weight is 380 g/mol. The van der Waals surface area contributed by atoms with Crippen LogP contribution in [0.1, 0.15) is 28.0 Å². The summed E-state index contributed by atoms with van der Waals surface area (Å²) in [6.45, 7) is 2.20. The molecule has 2 heterocycles. The number of thiocarbonyl (C=S) groups is 2. The van der Waals surface area contributed by atoms with E-state index in [9.17, 15) is 9.59 Å². The van der Waals surface area contributed by atoms with Gasteiger partial charge in [0.25, 0.3) is 11.8 Å². The molecule has 0 aliphatic heterocycles. The van der Waals surface area contributed by atoms with E-state index in [1.54, 1.807) is 12.1 Å². The lowest BCUT2D eigenvalue weighted by Crippen LogP contribution is -2.49. The van der Waals surface area contributed by atoms with Crippen molar-refractivity contribution in [3.8, 4) is 0 Å². The summed E-state index contributed by atoms with van der Waals surface area (Å²) in [5.74, 6) is -0.554. The number of amides is 2. The molecule has 25 heavy (non-hydrogen) atoms. The lowest BCUT2D eigenvalue weighted by atomic mass is 10.3. The second-order valence-electron chi connectivity index (χ2n) is 4.95. The van der Waals surface area contributed by atoms with Crippen molar-refractivity contribution in [2.24, 2.45) is 0 Å². The summed E-state index contributed by atoms with van der Waals surface area (Å²) in [5.41, 5.74) is 0. The molecule has 2 aromatic heterocycles. The maximum Gasteiger partial charge on any atom is 0.293 e. The summed E-state index contributed by atoms with van der Waals surface area (Å²) in [7, 11) is 0. The van der Waals surface area contributed by atoms with Gasteiger partial charge >= 0.3 is 0 Å². The molecule has 0 aromatic carbocycles. The Bertz CT molecular complexity index is 744. The lowest BCUT2D eigenvalue weighted by Gasteiger charge is -2.17. The molecule has 0 unspecified atom stereocenters. The Morgan fingerprint density at radius 3 is 2.00 bits per heavy atom. The standard InChI is InChI=1S/C15H16N4O4S2/c1-9(17-15(25)19-13(21)11-5-3-7-23-11)8-16-14(24)18-12(20)10-4-2-6-22-10/h2-7,9H,8H2,1H3,(H2,16,18,20,24)(H2,17,19,21,25)/t9-/m0/s1. The topological polar surface area (TPSA) is 109 Å². The molecule has 0 spiro atoms. The fraction of sp³-hybridized carbons (Fsp3) is 0.200. The SMILES string of the molecule is C[C@@H](CNC(=S)NC(=O)c1ccco1)NC(=S)NC(=O)c1ccco1. The molecule has 10 heteroatoms. The summed E-state index contributed by atoms with van der Waals surface area (Å²) in [6.07, 6.45) is 2.80. The van der Waals surface area contributed by atoms with Gasteiger partial charge in [-0.25, -0.2) is 0 Å². The summed E-state index contributed by atoms with van der Waals surface area (Å²) in [4.78, 5) is 23.5. The molecule has 0 aliphatic rings. The van der Waals surface area contributed by atoms with E-state index in [4.69, 9.17) is 33.3 Å². The zero-order valence-corrected chi connectivity index (χ0v) is 14.8. The van der Waals surface area contributed by atoms with Crippen LogP contribution in [0, 0.1) is 0 Å². The largest absolute Gasteiger partial charge is 0.459 e. The van der Waals surface area contributed by atoms with Gasteiger partial charge < -0.3 is 19.5 Å². The Balaban J connectivity index is 1.68. The summed E-state index contributed by atoms with van der Waals surface area (Å²) in [5, 5.41) is 11.1. The smallest absolute Gasteiger partial charge is 0.293 e. The first-order chi connectivity index (χ1) is 12.0. The summed E-state index contributed by atoms with van der Waals surface area (Å²) >= 11 is 10.1. The predicted molar refractivity (Wildman–Crippen MR) is 98.1 cm³/mol. The first-order valence-corrected chi connectivity index (χ1v) is 8.05. The minimum absolute atomic E-state index is 0.153. The van der Waals surface area contributed by atoms with Crippen LogP contribution >= 0.6 is 24.4 Å². The van der Waals surface area contributed by atoms with E-state index in [2.05, 4.69) is 21.3 Å². The molecule has 2 aromatic rings. The number of nitrogens with one attached hydrogen (secondary N) is 4. The third-order valence-corrected chi connectivity index (χ3v) is 3.36. The van der Waals surface area contributed by atoms with E-state index in [1.165, 1.54) is 24.7 Å². The first-order valence-electron chi connectivity index (χ1n) is 7.23. The molecule has 0 radical (unpaired) electrons. The molecular weight excluding hydrogens is 364 g/mol. The Kier molecular flexibility index (Phi) is 6.66. The molecule has 4 N–H and O–H groups in total. The first kappa shape index (κ1) is 18.6. The lowest BCUT2D eigenvalue weighted by molar-refractivity contribution is 0.0941. The van der Waals surface area contributed by atoms with Crippen LogP contribution in [0.4, 0.5) is 0 Å². The summed E-state index contributed by atoms with van der Waals surface area (Å²) < 4.78 is 9.94. The van der Waals surface area contributed by atoms with Gasteiger partial charge in [0.2, 0.25) is 0 Å². The van der Waals surface area contributed by atoms with E-state index in [0.29, 0.717) is 6.54 Å². The van der Waals surface area contributed by atoms with Crippen molar-refractivity contribution in [1.82, 2.24) is 21.3 Å². The third-order valence-electron chi connectivity index (χ3n) is 2.89. The molecule has 0 aliphatic carbocycles. The Morgan fingerprint density at radius 1 is 1.00 bits per heavy atom. The van der Waals surface area contributed by atoms with Crippen LogP contribution in [0.5, 0.6) is 0 Å². The van der Waals surface area contributed by atoms with Crippen LogP contribution in [-0.2, 0) is 0 Å². The summed E-state index contributed by atoms with van der Waals surface area (Å²) in [6, 6.07) is 6.11. The van der Waals surface area contributed by atoms with Crippen molar-refractivity contribution >= 4 is 46.5 Å². The Labute approximate surface area is 154 Å². The molecule has 132 valence electrons. The highest BCUT2D eigenvalue weighted by Gasteiger charge is 2.13. The minimum atomic E-state index is -0.441. The van der Waals surface area contributed by atoms with Crippen molar-refractivity contribution in [2.75, 3.05) is 6.54 Å². The van der Waals surface area contributed by atoms with E-state index in [-0.39, 0.29) is 27.8 Å². The van der Waals surface area contributed by atoms with Crippen LogP contribution in [-0.4, -0.2) is 34.6 Å². The van der Waals surface area contributed by atoms with Crippen LogP contribution < -0.4 is 21.3 Å². The van der Waals surface area contributed by atoms with Crippen molar-refractivity contribution in [3.63, 3.8) is 0 Å². The molecule has 8 nitrogen and oxygen atoms in total. The molecule has 1 atom stereocenters. The van der Waals surface area contributed by atoms with Gasteiger partial charge in [0.1, 0.15) is 0 Å². The van der Waals surface area contributed by atoms with Crippen LogP contribution in [0.15, 0.2) is 45.6 Å². The normalized spacial score (nSPS) is 11.2. The predicted octanol–water partition coefficient (Wildman–Crippen LogP) is 1.17.